The van der Waals surface area contributed by atoms with Crippen LogP contribution in [-0.2, 0) is 0 Å². The number of fused-ring (bicyclic) bond motifs is 1. The van der Waals surface area contributed by atoms with E-state index >= 15 is 0 Å². The van der Waals surface area contributed by atoms with Gasteiger partial charge in [-0.2, -0.15) is 0 Å². The molecule has 0 amide bonds. The molecule has 0 fully saturated rings. The van der Waals surface area contributed by atoms with Crippen molar-refractivity contribution in [3.05, 3.63) is 63.6 Å². The maximum absolute atomic E-state index is 14.0. The first kappa shape index (κ1) is 14.5. The fraction of sp³-hybridized carbons (Fsp3) is 0.294. The summed E-state index contributed by atoms with van der Waals surface area (Å²) in [5.74, 6) is -0.401. The minimum absolute atomic E-state index is 0.0208. The standard InChI is InChI=1S/C17H16BrF2N/c1-10-6-7-16(12-5-3-2-4-11(10)12)21-17-9-14(19)13(18)8-15(17)20/h2-5,8-10,16,21H,6-7H2,1H3. The molecule has 0 bridgehead atoms. The van der Waals surface area contributed by atoms with Crippen molar-refractivity contribution in [3.8, 4) is 0 Å². The van der Waals surface area contributed by atoms with Gasteiger partial charge in [-0.15, -0.1) is 0 Å². The van der Waals surface area contributed by atoms with E-state index in [1.807, 2.05) is 12.1 Å². The molecule has 2 unspecified atom stereocenters. The third-order valence-corrected chi connectivity index (χ3v) is 4.74. The van der Waals surface area contributed by atoms with Crippen molar-refractivity contribution in [2.75, 3.05) is 5.32 Å². The van der Waals surface area contributed by atoms with Crippen molar-refractivity contribution < 1.29 is 8.78 Å². The fourth-order valence-corrected chi connectivity index (χ4v) is 3.29. The molecule has 0 aliphatic heterocycles. The normalized spacial score (nSPS) is 21.0. The van der Waals surface area contributed by atoms with Crippen LogP contribution in [-0.4, -0.2) is 0 Å². The van der Waals surface area contributed by atoms with Crippen molar-refractivity contribution in [1.29, 1.82) is 0 Å². The van der Waals surface area contributed by atoms with E-state index in [1.54, 1.807) is 0 Å². The van der Waals surface area contributed by atoms with E-state index < -0.39 is 11.6 Å². The summed E-state index contributed by atoms with van der Waals surface area (Å²) >= 11 is 3.00. The van der Waals surface area contributed by atoms with Crippen molar-refractivity contribution in [2.24, 2.45) is 0 Å². The number of anilines is 1. The van der Waals surface area contributed by atoms with Gasteiger partial charge >= 0.3 is 0 Å². The molecule has 0 spiro atoms. The molecule has 0 saturated carbocycles. The zero-order valence-corrected chi connectivity index (χ0v) is 13.3. The Morgan fingerprint density at radius 1 is 1.05 bits per heavy atom. The van der Waals surface area contributed by atoms with Gasteiger partial charge in [-0.25, -0.2) is 8.78 Å². The van der Waals surface area contributed by atoms with Crippen LogP contribution in [0.2, 0.25) is 0 Å². The number of hydrogen-bond acceptors (Lipinski definition) is 1. The number of hydrogen-bond donors (Lipinski definition) is 1. The molecule has 0 heterocycles. The van der Waals surface area contributed by atoms with Gasteiger partial charge in [0.05, 0.1) is 16.2 Å². The maximum Gasteiger partial charge on any atom is 0.147 e. The van der Waals surface area contributed by atoms with Crippen molar-refractivity contribution in [2.45, 2.75) is 31.7 Å². The minimum Gasteiger partial charge on any atom is -0.376 e. The van der Waals surface area contributed by atoms with Crippen LogP contribution in [0.1, 0.15) is 42.9 Å². The molecule has 1 N–H and O–H groups in total. The highest BCUT2D eigenvalue weighted by atomic mass is 79.9. The second-order valence-electron chi connectivity index (χ2n) is 5.55. The zero-order valence-electron chi connectivity index (χ0n) is 11.7. The Labute approximate surface area is 131 Å². The molecule has 2 aromatic carbocycles. The Bertz CT molecular complexity index is 672. The SMILES string of the molecule is CC1CCC(Nc2cc(F)c(Br)cc2F)c2ccccc21. The number of benzene rings is 2. The van der Waals surface area contributed by atoms with Gasteiger partial charge in [-0.05, 0) is 51.9 Å². The molecule has 2 aromatic rings. The molecule has 0 saturated heterocycles. The Morgan fingerprint density at radius 3 is 2.52 bits per heavy atom. The second-order valence-corrected chi connectivity index (χ2v) is 6.40. The predicted molar refractivity (Wildman–Crippen MR) is 84.5 cm³/mol. The first-order valence-electron chi connectivity index (χ1n) is 7.06. The summed E-state index contributed by atoms with van der Waals surface area (Å²) in [7, 11) is 0. The van der Waals surface area contributed by atoms with Crippen LogP contribution in [0.4, 0.5) is 14.5 Å². The van der Waals surface area contributed by atoms with Crippen LogP contribution < -0.4 is 5.32 Å². The van der Waals surface area contributed by atoms with Crippen molar-refractivity contribution in [3.63, 3.8) is 0 Å². The molecule has 110 valence electrons. The monoisotopic (exact) mass is 351 g/mol. The average molecular weight is 352 g/mol. The maximum atomic E-state index is 14.0. The highest BCUT2D eigenvalue weighted by molar-refractivity contribution is 9.10. The molecule has 1 aliphatic carbocycles. The summed E-state index contributed by atoms with van der Waals surface area (Å²) in [5, 5.41) is 3.16. The Balaban J connectivity index is 1.93. The molecule has 1 aliphatic rings. The van der Waals surface area contributed by atoms with Crippen LogP contribution in [0, 0.1) is 11.6 Å². The van der Waals surface area contributed by atoms with Crippen molar-refractivity contribution in [1.82, 2.24) is 0 Å². The lowest BCUT2D eigenvalue weighted by Gasteiger charge is -2.31. The van der Waals surface area contributed by atoms with E-state index in [2.05, 4.69) is 40.3 Å². The van der Waals surface area contributed by atoms with Crippen LogP contribution in [0.15, 0.2) is 40.9 Å². The third-order valence-electron chi connectivity index (χ3n) is 4.13. The topological polar surface area (TPSA) is 12.0 Å². The lowest BCUT2D eigenvalue weighted by molar-refractivity contribution is 0.529. The summed E-state index contributed by atoms with van der Waals surface area (Å²) in [6.45, 7) is 2.20. The Kier molecular flexibility index (Phi) is 3.98. The number of halogens is 3. The van der Waals surface area contributed by atoms with Gasteiger partial charge < -0.3 is 5.32 Å². The summed E-state index contributed by atoms with van der Waals surface area (Å²) in [6.07, 6.45) is 1.95. The molecular weight excluding hydrogens is 336 g/mol. The van der Waals surface area contributed by atoms with Gasteiger partial charge in [-0.1, -0.05) is 31.2 Å². The van der Waals surface area contributed by atoms with E-state index in [1.165, 1.54) is 17.2 Å². The molecule has 4 heteroatoms. The van der Waals surface area contributed by atoms with Gasteiger partial charge in [0.25, 0.3) is 0 Å². The highest BCUT2D eigenvalue weighted by Gasteiger charge is 2.25. The van der Waals surface area contributed by atoms with E-state index in [0.29, 0.717) is 5.92 Å². The Hall–Kier alpha value is -1.42. The van der Waals surface area contributed by atoms with Crippen molar-refractivity contribution >= 4 is 21.6 Å². The summed E-state index contributed by atoms with van der Waals surface area (Å²) in [4.78, 5) is 0. The summed E-state index contributed by atoms with van der Waals surface area (Å²) in [6, 6.07) is 10.6. The third kappa shape index (κ3) is 2.82. The lowest BCUT2D eigenvalue weighted by Crippen LogP contribution is -2.19. The van der Waals surface area contributed by atoms with E-state index in [9.17, 15) is 8.78 Å². The van der Waals surface area contributed by atoms with Crippen LogP contribution in [0.25, 0.3) is 0 Å². The number of rotatable bonds is 2. The highest BCUT2D eigenvalue weighted by Crippen LogP contribution is 2.39. The van der Waals surface area contributed by atoms with Gasteiger partial charge in [0.15, 0.2) is 0 Å². The quantitative estimate of drug-likeness (QED) is 0.676. The first-order chi connectivity index (χ1) is 10.1. The average Bonchev–Trinajstić information content (AvgIpc) is 2.48. The molecule has 2 atom stereocenters. The smallest absolute Gasteiger partial charge is 0.147 e. The number of nitrogens with one attached hydrogen (secondary N) is 1. The van der Waals surface area contributed by atoms with Gasteiger partial charge in [0.2, 0.25) is 0 Å². The van der Waals surface area contributed by atoms with E-state index in [4.69, 9.17) is 0 Å². The van der Waals surface area contributed by atoms with Crippen LogP contribution in [0.5, 0.6) is 0 Å². The summed E-state index contributed by atoms with van der Waals surface area (Å²) in [5.41, 5.74) is 2.68. The molecule has 3 rings (SSSR count). The summed E-state index contributed by atoms with van der Waals surface area (Å²) < 4.78 is 27.7. The largest absolute Gasteiger partial charge is 0.376 e. The molecule has 21 heavy (non-hydrogen) atoms. The molecule has 0 radical (unpaired) electrons. The zero-order chi connectivity index (χ0) is 15.0. The predicted octanol–water partition coefficient (Wildman–Crippen LogP) is 5.78. The van der Waals surface area contributed by atoms with Crippen LogP contribution in [0.3, 0.4) is 0 Å². The van der Waals surface area contributed by atoms with E-state index in [0.717, 1.165) is 18.9 Å². The van der Waals surface area contributed by atoms with Gasteiger partial charge in [-0.3, -0.25) is 0 Å². The minimum atomic E-state index is -0.462. The van der Waals surface area contributed by atoms with Crippen LogP contribution >= 0.6 is 15.9 Å². The van der Waals surface area contributed by atoms with E-state index in [-0.39, 0.29) is 16.2 Å². The second kappa shape index (κ2) is 5.76. The Morgan fingerprint density at radius 2 is 1.76 bits per heavy atom. The first-order valence-corrected chi connectivity index (χ1v) is 7.85. The fourth-order valence-electron chi connectivity index (χ4n) is 2.98. The van der Waals surface area contributed by atoms with Gasteiger partial charge in [0.1, 0.15) is 11.6 Å². The molecule has 0 aromatic heterocycles. The lowest BCUT2D eigenvalue weighted by atomic mass is 9.81. The molecular formula is C17H16BrF2N. The van der Waals surface area contributed by atoms with Gasteiger partial charge in [0, 0.05) is 6.07 Å². The molecule has 1 nitrogen and oxygen atoms in total.